The van der Waals surface area contributed by atoms with Gasteiger partial charge in [0.1, 0.15) is 12.4 Å². The van der Waals surface area contributed by atoms with E-state index in [-0.39, 0.29) is 30.5 Å². The highest BCUT2D eigenvalue weighted by Crippen LogP contribution is 2.37. The summed E-state index contributed by atoms with van der Waals surface area (Å²) in [7, 11) is 5.41. The van der Waals surface area contributed by atoms with Crippen LogP contribution in [0, 0.1) is 17.3 Å². The van der Waals surface area contributed by atoms with Crippen molar-refractivity contribution in [2.45, 2.75) is 97.6 Å². The Bertz CT molecular complexity index is 689. The summed E-state index contributed by atoms with van der Waals surface area (Å²) in [4.78, 5) is 29.3. The van der Waals surface area contributed by atoms with E-state index in [1.165, 1.54) is 0 Å². The van der Waals surface area contributed by atoms with Crippen molar-refractivity contribution in [3.8, 4) is 0 Å². The van der Waals surface area contributed by atoms with Gasteiger partial charge in [0.15, 0.2) is 12.1 Å². The molecule has 0 bridgehead atoms. The number of aldehydes is 1. The number of aliphatic hydroxyl groups is 2. The molecular formula is C27H52N2O7. The normalized spacial score (nSPS) is 27.5. The molecule has 0 aromatic carbocycles. The monoisotopic (exact) mass is 516 g/mol. The standard InChI is InChI=1S/C27H52N2O7/c1-11-29(12-13-30)16-18(2)15-27(7,34-10)24(20(4)23(33)26(5,6)17-31)36-25-22(32)21(28(8)9)14-19(3)35-25/h17-22,24-25,30,32H,11-16H2,1-10H3/t18?,19-,20?,21+,22-,24?,25+,27?/m1/s1. The highest BCUT2D eigenvalue weighted by molar-refractivity contribution is 5.98. The van der Waals surface area contributed by atoms with E-state index in [9.17, 15) is 19.8 Å². The van der Waals surface area contributed by atoms with Crippen molar-refractivity contribution in [3.63, 3.8) is 0 Å². The van der Waals surface area contributed by atoms with Crippen LogP contribution < -0.4 is 0 Å². The van der Waals surface area contributed by atoms with E-state index >= 15 is 0 Å². The SMILES string of the molecule is CCN(CCO)CC(C)CC(C)(OC)C(O[C@@H]1O[C@H](C)C[C@H](N(C)C)[C@H]1O)C(C)C(=O)C(C)(C)C=O. The molecule has 212 valence electrons. The molecule has 1 rings (SSSR count). The van der Waals surface area contributed by atoms with Gasteiger partial charge in [-0.05, 0) is 67.1 Å². The number of aliphatic hydroxyl groups excluding tert-OH is 2. The molecule has 2 N–H and O–H groups in total. The van der Waals surface area contributed by atoms with Crippen molar-refractivity contribution < 1.29 is 34.0 Å². The molecule has 0 amide bonds. The lowest BCUT2D eigenvalue weighted by atomic mass is 9.74. The van der Waals surface area contributed by atoms with E-state index in [2.05, 4.69) is 18.7 Å². The van der Waals surface area contributed by atoms with Crippen LogP contribution in [0.1, 0.15) is 61.3 Å². The van der Waals surface area contributed by atoms with Gasteiger partial charge in [0.2, 0.25) is 0 Å². The van der Waals surface area contributed by atoms with Crippen LogP contribution in [0.5, 0.6) is 0 Å². The average molecular weight is 517 g/mol. The molecule has 1 aliphatic rings. The molecule has 1 heterocycles. The second-order valence-corrected chi connectivity index (χ2v) is 11.6. The summed E-state index contributed by atoms with van der Waals surface area (Å²) >= 11 is 0. The molecule has 1 fully saturated rings. The van der Waals surface area contributed by atoms with Crippen molar-refractivity contribution in [2.24, 2.45) is 17.3 Å². The van der Waals surface area contributed by atoms with Gasteiger partial charge in [-0.25, -0.2) is 0 Å². The zero-order valence-corrected chi connectivity index (χ0v) is 24.2. The Balaban J connectivity index is 3.35. The minimum Gasteiger partial charge on any atom is -0.395 e. The first kappa shape index (κ1) is 33.1. The third kappa shape index (κ3) is 8.55. The summed E-state index contributed by atoms with van der Waals surface area (Å²) in [6.07, 6.45) is -0.914. The summed E-state index contributed by atoms with van der Waals surface area (Å²) < 4.78 is 18.6. The van der Waals surface area contributed by atoms with Crippen LogP contribution in [0.4, 0.5) is 0 Å². The minimum absolute atomic E-state index is 0.0856. The van der Waals surface area contributed by atoms with E-state index < -0.39 is 35.4 Å². The Hall–Kier alpha value is -0.940. The van der Waals surface area contributed by atoms with Gasteiger partial charge in [-0.15, -0.1) is 0 Å². The average Bonchev–Trinajstić information content (AvgIpc) is 2.82. The summed E-state index contributed by atoms with van der Waals surface area (Å²) in [6, 6.07) is -0.166. The van der Waals surface area contributed by atoms with Crippen LogP contribution in [0.25, 0.3) is 0 Å². The summed E-state index contributed by atoms with van der Waals surface area (Å²) in [5.74, 6) is -0.802. The first-order chi connectivity index (χ1) is 16.7. The van der Waals surface area contributed by atoms with E-state index in [0.717, 1.165) is 13.1 Å². The number of nitrogens with zero attached hydrogens (tertiary/aromatic N) is 2. The van der Waals surface area contributed by atoms with Gasteiger partial charge in [0.25, 0.3) is 0 Å². The van der Waals surface area contributed by atoms with Gasteiger partial charge in [0.05, 0.1) is 29.8 Å². The molecule has 1 aliphatic heterocycles. The number of rotatable bonds is 16. The predicted octanol–water partition coefficient (Wildman–Crippen LogP) is 1.97. The maximum atomic E-state index is 13.4. The Kier molecular flexibility index (Phi) is 13.1. The second kappa shape index (κ2) is 14.3. The number of likely N-dealkylation sites (N-methyl/N-ethyl adjacent to an activating group) is 2. The van der Waals surface area contributed by atoms with Crippen LogP contribution in [-0.4, -0.2) is 116 Å². The van der Waals surface area contributed by atoms with Gasteiger partial charge in [-0.3, -0.25) is 4.79 Å². The number of carbonyl (C=O) groups excluding carboxylic acids is 2. The van der Waals surface area contributed by atoms with Crippen molar-refractivity contribution in [1.29, 1.82) is 0 Å². The Labute approximate surface area is 218 Å². The van der Waals surface area contributed by atoms with Crippen LogP contribution in [0.3, 0.4) is 0 Å². The lowest BCUT2D eigenvalue weighted by Gasteiger charge is -2.47. The third-order valence-corrected chi connectivity index (χ3v) is 7.61. The Morgan fingerprint density at radius 1 is 1.25 bits per heavy atom. The molecule has 9 nitrogen and oxygen atoms in total. The van der Waals surface area contributed by atoms with E-state index in [1.807, 2.05) is 32.8 Å². The minimum atomic E-state index is -1.19. The predicted molar refractivity (Wildman–Crippen MR) is 140 cm³/mol. The number of ether oxygens (including phenoxy) is 3. The van der Waals surface area contributed by atoms with Crippen LogP contribution in [-0.2, 0) is 23.8 Å². The number of hydrogen-bond donors (Lipinski definition) is 2. The van der Waals surface area contributed by atoms with Gasteiger partial charge >= 0.3 is 0 Å². The van der Waals surface area contributed by atoms with Crippen LogP contribution >= 0.6 is 0 Å². The van der Waals surface area contributed by atoms with Gasteiger partial charge in [-0.1, -0.05) is 20.8 Å². The Morgan fingerprint density at radius 3 is 2.33 bits per heavy atom. The van der Waals surface area contributed by atoms with Gasteiger partial charge in [-0.2, -0.15) is 0 Å². The van der Waals surface area contributed by atoms with Gasteiger partial charge < -0.3 is 39.0 Å². The van der Waals surface area contributed by atoms with E-state index in [0.29, 0.717) is 25.7 Å². The zero-order chi connectivity index (χ0) is 27.8. The molecule has 0 saturated carbocycles. The highest BCUT2D eigenvalue weighted by Gasteiger charge is 2.49. The smallest absolute Gasteiger partial charge is 0.185 e. The molecule has 0 aromatic rings. The van der Waals surface area contributed by atoms with Gasteiger partial charge in [0, 0.05) is 32.2 Å². The fourth-order valence-electron chi connectivity index (χ4n) is 5.41. The van der Waals surface area contributed by atoms with E-state index in [4.69, 9.17) is 14.2 Å². The maximum absolute atomic E-state index is 13.4. The first-order valence-electron chi connectivity index (χ1n) is 13.2. The topological polar surface area (TPSA) is 109 Å². The van der Waals surface area contributed by atoms with Crippen molar-refractivity contribution >= 4 is 12.1 Å². The molecule has 4 unspecified atom stereocenters. The molecule has 0 radical (unpaired) electrons. The number of Topliss-reactive ketones (excluding diaryl/α,β-unsaturated/α-hetero) is 1. The molecule has 0 spiro atoms. The fraction of sp³-hybridized carbons (Fsp3) is 0.926. The van der Waals surface area contributed by atoms with Crippen LogP contribution in [0.2, 0.25) is 0 Å². The highest BCUT2D eigenvalue weighted by atomic mass is 16.7. The molecule has 1 saturated heterocycles. The zero-order valence-electron chi connectivity index (χ0n) is 24.2. The molecule has 0 aromatic heterocycles. The molecule has 0 aliphatic carbocycles. The van der Waals surface area contributed by atoms with Crippen molar-refractivity contribution in [2.75, 3.05) is 47.4 Å². The van der Waals surface area contributed by atoms with Crippen molar-refractivity contribution in [3.05, 3.63) is 0 Å². The second-order valence-electron chi connectivity index (χ2n) is 11.6. The third-order valence-electron chi connectivity index (χ3n) is 7.61. The lowest BCUT2D eigenvalue weighted by Crippen LogP contribution is -2.59. The molecule has 8 atom stereocenters. The summed E-state index contributed by atoms with van der Waals surface area (Å²) in [6.45, 7) is 15.2. The lowest BCUT2D eigenvalue weighted by molar-refractivity contribution is -0.295. The Morgan fingerprint density at radius 2 is 1.86 bits per heavy atom. The number of hydrogen-bond acceptors (Lipinski definition) is 9. The quantitative estimate of drug-likeness (QED) is 0.235. The molecule has 9 heteroatoms. The largest absolute Gasteiger partial charge is 0.395 e. The molecule has 36 heavy (non-hydrogen) atoms. The summed E-state index contributed by atoms with van der Waals surface area (Å²) in [5, 5.41) is 20.5. The van der Waals surface area contributed by atoms with Crippen molar-refractivity contribution in [1.82, 2.24) is 9.80 Å². The first-order valence-corrected chi connectivity index (χ1v) is 13.2. The summed E-state index contributed by atoms with van der Waals surface area (Å²) in [5.41, 5.74) is -2.10. The number of methoxy groups -OCH3 is 1. The number of ketones is 1. The fourth-order valence-corrected chi connectivity index (χ4v) is 5.41. The maximum Gasteiger partial charge on any atom is 0.185 e. The van der Waals surface area contributed by atoms with Crippen LogP contribution in [0.15, 0.2) is 0 Å². The van der Waals surface area contributed by atoms with E-state index in [1.54, 1.807) is 27.9 Å². The molecular weight excluding hydrogens is 464 g/mol. The number of carbonyl (C=O) groups is 2.